The van der Waals surface area contributed by atoms with Gasteiger partial charge in [-0.3, -0.25) is 0 Å². The van der Waals surface area contributed by atoms with Gasteiger partial charge in [0.2, 0.25) is 0 Å². The van der Waals surface area contributed by atoms with Gasteiger partial charge in [-0.1, -0.05) is 12.8 Å². The lowest BCUT2D eigenvalue weighted by atomic mass is 10.3. The van der Waals surface area contributed by atoms with E-state index < -0.39 is 0 Å². The van der Waals surface area contributed by atoms with Gasteiger partial charge in [-0.15, -0.1) is 18.2 Å². The van der Waals surface area contributed by atoms with Crippen molar-refractivity contribution in [2.45, 2.75) is 17.1 Å². The number of terminal acetylenes is 1. The highest BCUT2D eigenvalue weighted by atomic mass is 32.2. The molecule has 2 nitrogen and oxygen atoms in total. The molecule has 0 aliphatic carbocycles. The molecule has 0 saturated carbocycles. The van der Waals surface area contributed by atoms with Crippen LogP contribution < -0.4 is 10.1 Å². The van der Waals surface area contributed by atoms with Gasteiger partial charge >= 0.3 is 0 Å². The SMILES string of the molecule is C#CCNCC(C)Sc1ccc(OC)cc1. The molecule has 1 aromatic rings. The van der Waals surface area contributed by atoms with E-state index in [0.29, 0.717) is 11.8 Å². The van der Waals surface area contributed by atoms with E-state index in [4.69, 9.17) is 11.2 Å². The first-order chi connectivity index (χ1) is 7.76. The van der Waals surface area contributed by atoms with Crippen LogP contribution in [0.15, 0.2) is 29.2 Å². The normalized spacial score (nSPS) is 11.8. The number of hydrogen-bond donors (Lipinski definition) is 1. The van der Waals surface area contributed by atoms with Crippen molar-refractivity contribution in [1.82, 2.24) is 5.32 Å². The number of methoxy groups -OCH3 is 1. The van der Waals surface area contributed by atoms with E-state index in [1.165, 1.54) is 4.90 Å². The number of ether oxygens (including phenoxy) is 1. The monoisotopic (exact) mass is 235 g/mol. The third-order valence-corrected chi connectivity index (χ3v) is 3.17. The van der Waals surface area contributed by atoms with Crippen LogP contribution in [-0.2, 0) is 0 Å². The molecule has 0 amide bonds. The van der Waals surface area contributed by atoms with Crippen molar-refractivity contribution in [3.05, 3.63) is 24.3 Å². The molecule has 0 heterocycles. The van der Waals surface area contributed by atoms with Gasteiger partial charge in [0.1, 0.15) is 5.75 Å². The predicted octanol–water partition coefficient (Wildman–Crippen LogP) is 2.40. The number of thioether (sulfide) groups is 1. The third-order valence-electron chi connectivity index (χ3n) is 2.06. The molecule has 0 fully saturated rings. The summed E-state index contributed by atoms with van der Waals surface area (Å²) in [4.78, 5) is 1.25. The maximum absolute atomic E-state index is 5.17. The van der Waals surface area contributed by atoms with E-state index in [1.54, 1.807) is 7.11 Å². The first-order valence-corrected chi connectivity index (χ1v) is 6.09. The van der Waals surface area contributed by atoms with Crippen molar-refractivity contribution < 1.29 is 4.74 Å². The van der Waals surface area contributed by atoms with Gasteiger partial charge in [0.15, 0.2) is 0 Å². The van der Waals surface area contributed by atoms with Crippen LogP contribution in [0.1, 0.15) is 6.92 Å². The molecule has 0 spiro atoms. The van der Waals surface area contributed by atoms with Crippen LogP contribution in [0.3, 0.4) is 0 Å². The lowest BCUT2D eigenvalue weighted by Crippen LogP contribution is -2.22. The molecule has 86 valence electrons. The summed E-state index contributed by atoms with van der Waals surface area (Å²) in [7, 11) is 1.68. The van der Waals surface area contributed by atoms with Crippen LogP contribution in [-0.4, -0.2) is 25.4 Å². The second-order valence-electron chi connectivity index (χ2n) is 3.44. The summed E-state index contributed by atoms with van der Waals surface area (Å²) in [6.07, 6.45) is 5.17. The summed E-state index contributed by atoms with van der Waals surface area (Å²) in [5.41, 5.74) is 0. The average Bonchev–Trinajstić information content (AvgIpc) is 2.30. The molecule has 0 saturated heterocycles. The summed E-state index contributed by atoms with van der Waals surface area (Å²) in [5.74, 6) is 3.46. The van der Waals surface area contributed by atoms with Crippen LogP contribution >= 0.6 is 11.8 Å². The molecule has 1 unspecified atom stereocenters. The predicted molar refractivity (Wildman–Crippen MR) is 70.0 cm³/mol. The molecule has 3 heteroatoms. The molecule has 1 N–H and O–H groups in total. The Morgan fingerprint density at radius 2 is 2.12 bits per heavy atom. The molecular formula is C13H17NOS. The maximum Gasteiger partial charge on any atom is 0.118 e. The summed E-state index contributed by atoms with van der Waals surface area (Å²) in [6, 6.07) is 8.09. The van der Waals surface area contributed by atoms with Gasteiger partial charge in [-0.05, 0) is 24.3 Å². The Morgan fingerprint density at radius 1 is 1.44 bits per heavy atom. The second kappa shape index (κ2) is 7.21. The minimum atomic E-state index is 0.502. The van der Waals surface area contributed by atoms with Crippen molar-refractivity contribution in [2.24, 2.45) is 0 Å². The van der Waals surface area contributed by atoms with Crippen molar-refractivity contribution >= 4 is 11.8 Å². The zero-order chi connectivity index (χ0) is 11.8. The Hall–Kier alpha value is -1.11. The van der Waals surface area contributed by atoms with Crippen LogP contribution in [0.2, 0.25) is 0 Å². The summed E-state index contributed by atoms with van der Waals surface area (Å²) in [6.45, 7) is 3.73. The molecule has 1 rings (SSSR count). The number of rotatable bonds is 6. The molecule has 0 aromatic heterocycles. The number of nitrogens with one attached hydrogen (secondary N) is 1. The van der Waals surface area contributed by atoms with E-state index in [1.807, 2.05) is 23.9 Å². The van der Waals surface area contributed by atoms with E-state index in [2.05, 4.69) is 30.3 Å². The van der Waals surface area contributed by atoms with Crippen molar-refractivity contribution in [1.29, 1.82) is 0 Å². The zero-order valence-corrected chi connectivity index (χ0v) is 10.5. The maximum atomic E-state index is 5.17. The fourth-order valence-electron chi connectivity index (χ4n) is 1.28. The highest BCUT2D eigenvalue weighted by Crippen LogP contribution is 2.24. The van der Waals surface area contributed by atoms with Crippen LogP contribution in [0.25, 0.3) is 0 Å². The lowest BCUT2D eigenvalue weighted by molar-refractivity contribution is 0.414. The molecule has 0 aliphatic heterocycles. The van der Waals surface area contributed by atoms with E-state index in [9.17, 15) is 0 Å². The quantitative estimate of drug-likeness (QED) is 0.465. The van der Waals surface area contributed by atoms with E-state index >= 15 is 0 Å². The Morgan fingerprint density at radius 3 is 2.69 bits per heavy atom. The lowest BCUT2D eigenvalue weighted by Gasteiger charge is -2.11. The fraction of sp³-hybridized carbons (Fsp3) is 0.385. The van der Waals surface area contributed by atoms with Gasteiger partial charge in [-0.25, -0.2) is 0 Å². The minimum Gasteiger partial charge on any atom is -0.497 e. The van der Waals surface area contributed by atoms with Gasteiger partial charge in [0.25, 0.3) is 0 Å². The van der Waals surface area contributed by atoms with Gasteiger partial charge in [0, 0.05) is 16.7 Å². The van der Waals surface area contributed by atoms with Crippen LogP contribution in [0.4, 0.5) is 0 Å². The summed E-state index contributed by atoms with van der Waals surface area (Å²) < 4.78 is 5.11. The van der Waals surface area contributed by atoms with Gasteiger partial charge in [0.05, 0.1) is 13.7 Å². The number of benzene rings is 1. The van der Waals surface area contributed by atoms with Crippen molar-refractivity contribution in [2.75, 3.05) is 20.2 Å². The highest BCUT2D eigenvalue weighted by Gasteiger charge is 2.03. The topological polar surface area (TPSA) is 21.3 Å². The molecule has 0 aliphatic rings. The van der Waals surface area contributed by atoms with Crippen LogP contribution in [0, 0.1) is 12.3 Å². The average molecular weight is 235 g/mol. The van der Waals surface area contributed by atoms with E-state index in [-0.39, 0.29) is 0 Å². The molecule has 16 heavy (non-hydrogen) atoms. The fourth-order valence-corrected chi connectivity index (χ4v) is 2.23. The van der Waals surface area contributed by atoms with Gasteiger partial charge in [-0.2, -0.15) is 0 Å². The Balaban J connectivity index is 2.37. The minimum absolute atomic E-state index is 0.502. The van der Waals surface area contributed by atoms with Crippen molar-refractivity contribution in [3.8, 4) is 18.1 Å². The smallest absolute Gasteiger partial charge is 0.118 e. The highest BCUT2D eigenvalue weighted by molar-refractivity contribution is 8.00. The molecule has 0 bridgehead atoms. The molecule has 0 radical (unpaired) electrons. The molecule has 1 aromatic carbocycles. The zero-order valence-electron chi connectivity index (χ0n) is 9.69. The second-order valence-corrected chi connectivity index (χ2v) is 4.95. The molecule has 1 atom stereocenters. The summed E-state index contributed by atoms with van der Waals surface area (Å²) >= 11 is 1.83. The summed E-state index contributed by atoms with van der Waals surface area (Å²) in [5, 5.41) is 3.70. The third kappa shape index (κ3) is 4.61. The first kappa shape index (κ1) is 13.0. The Bertz CT molecular complexity index is 342. The largest absolute Gasteiger partial charge is 0.497 e. The number of hydrogen-bond acceptors (Lipinski definition) is 3. The van der Waals surface area contributed by atoms with E-state index in [0.717, 1.165) is 12.3 Å². The first-order valence-electron chi connectivity index (χ1n) is 5.21. The Labute approximate surface area is 102 Å². The van der Waals surface area contributed by atoms with Crippen molar-refractivity contribution in [3.63, 3.8) is 0 Å². The van der Waals surface area contributed by atoms with Crippen LogP contribution in [0.5, 0.6) is 5.75 Å². The van der Waals surface area contributed by atoms with Gasteiger partial charge < -0.3 is 10.1 Å². The standard InChI is InChI=1S/C13H17NOS/c1-4-9-14-10-11(2)16-13-7-5-12(15-3)6-8-13/h1,5-8,11,14H,9-10H2,2-3H3. The Kier molecular flexibility index (Phi) is 5.84. The molecular weight excluding hydrogens is 218 g/mol.